The summed E-state index contributed by atoms with van der Waals surface area (Å²) in [7, 11) is 1.62. The van der Waals surface area contributed by atoms with Gasteiger partial charge in [0.25, 0.3) is 5.56 Å². The molecule has 0 aliphatic carbocycles. The van der Waals surface area contributed by atoms with Crippen LogP contribution in [0, 0.1) is 6.92 Å². The van der Waals surface area contributed by atoms with Gasteiger partial charge in [-0.05, 0) is 39.3 Å². The predicted molar refractivity (Wildman–Crippen MR) is 134 cm³/mol. The van der Waals surface area contributed by atoms with Crippen molar-refractivity contribution in [2.45, 2.75) is 39.8 Å². The van der Waals surface area contributed by atoms with E-state index in [1.54, 1.807) is 40.3 Å². The van der Waals surface area contributed by atoms with Gasteiger partial charge >= 0.3 is 5.97 Å². The number of carbonyl (C=O) groups excluding carboxylic acids is 1. The molecule has 4 rings (SSSR count). The average molecular weight is 479 g/mol. The first kappa shape index (κ1) is 23.5. The fourth-order valence-electron chi connectivity index (χ4n) is 3.68. The lowest BCUT2D eigenvalue weighted by atomic mass is 10.1. The molecule has 3 aromatic heterocycles. The number of rotatable bonds is 6. The third-order valence-electron chi connectivity index (χ3n) is 5.11. The standard InChI is InChI=1S/C26H26N2O5S/c1-16-21-23(34-22(16)24-27-12-13-32-24)18(11-10-17-8-6-7-9-19(17)31-5)14-28(25(21)30)15-20(29)33-26(2,3)4/h6-14H,15H2,1-5H3/b11-10+. The first-order valence-corrected chi connectivity index (χ1v) is 11.6. The number of nitrogens with zero attached hydrogens (tertiary/aromatic N) is 2. The van der Waals surface area contributed by atoms with Crippen LogP contribution in [-0.4, -0.2) is 28.2 Å². The minimum atomic E-state index is -0.645. The number of oxazole rings is 1. The SMILES string of the molecule is COc1ccccc1/C=C/c1cn(CC(=O)OC(C)(C)C)c(=O)c2c(C)c(-c3ncco3)sc12. The van der Waals surface area contributed by atoms with Crippen molar-refractivity contribution in [2.75, 3.05) is 7.11 Å². The number of carbonyl (C=O) groups is 1. The van der Waals surface area contributed by atoms with E-state index in [1.807, 2.05) is 43.3 Å². The lowest BCUT2D eigenvalue weighted by molar-refractivity contribution is -0.155. The maximum absolute atomic E-state index is 13.4. The van der Waals surface area contributed by atoms with E-state index in [4.69, 9.17) is 13.9 Å². The van der Waals surface area contributed by atoms with Crippen LogP contribution in [0.25, 0.3) is 33.0 Å². The quantitative estimate of drug-likeness (QED) is 0.338. The molecular formula is C26H26N2O5S. The van der Waals surface area contributed by atoms with Crippen LogP contribution < -0.4 is 10.3 Å². The van der Waals surface area contributed by atoms with Crippen molar-refractivity contribution in [1.29, 1.82) is 0 Å². The molecule has 3 heterocycles. The Labute approximate surface area is 201 Å². The summed E-state index contributed by atoms with van der Waals surface area (Å²) in [6, 6.07) is 7.66. The molecule has 0 saturated heterocycles. The number of hydrogen-bond acceptors (Lipinski definition) is 7. The van der Waals surface area contributed by atoms with Gasteiger partial charge in [-0.3, -0.25) is 9.59 Å². The van der Waals surface area contributed by atoms with E-state index in [-0.39, 0.29) is 12.1 Å². The molecule has 0 aliphatic heterocycles. The molecule has 0 unspecified atom stereocenters. The molecule has 176 valence electrons. The van der Waals surface area contributed by atoms with Crippen LogP contribution >= 0.6 is 11.3 Å². The highest BCUT2D eigenvalue weighted by Crippen LogP contribution is 2.38. The second-order valence-electron chi connectivity index (χ2n) is 8.78. The zero-order valence-corrected chi connectivity index (χ0v) is 20.6. The lowest BCUT2D eigenvalue weighted by Gasteiger charge is -2.20. The van der Waals surface area contributed by atoms with Crippen LogP contribution in [0.15, 0.2) is 52.1 Å². The number of aromatic nitrogens is 2. The van der Waals surface area contributed by atoms with Gasteiger partial charge in [0.1, 0.15) is 24.2 Å². The topological polar surface area (TPSA) is 83.6 Å². The van der Waals surface area contributed by atoms with Gasteiger partial charge in [0.2, 0.25) is 5.89 Å². The van der Waals surface area contributed by atoms with E-state index in [0.717, 1.165) is 32.0 Å². The summed E-state index contributed by atoms with van der Waals surface area (Å²) in [5.41, 5.74) is 1.53. The number of aryl methyl sites for hydroxylation is 1. The number of fused-ring (bicyclic) bond motifs is 1. The van der Waals surface area contributed by atoms with Crippen molar-refractivity contribution in [3.05, 3.63) is 70.0 Å². The summed E-state index contributed by atoms with van der Waals surface area (Å²) in [6.45, 7) is 7.06. The van der Waals surface area contributed by atoms with E-state index < -0.39 is 11.6 Å². The first-order valence-electron chi connectivity index (χ1n) is 10.8. The van der Waals surface area contributed by atoms with Crippen molar-refractivity contribution in [3.63, 3.8) is 0 Å². The summed E-state index contributed by atoms with van der Waals surface area (Å²) < 4.78 is 18.6. The van der Waals surface area contributed by atoms with Gasteiger partial charge in [0.15, 0.2) is 0 Å². The van der Waals surface area contributed by atoms with Crippen molar-refractivity contribution in [2.24, 2.45) is 0 Å². The molecule has 0 amide bonds. The van der Waals surface area contributed by atoms with Gasteiger partial charge < -0.3 is 18.5 Å². The van der Waals surface area contributed by atoms with E-state index in [9.17, 15) is 9.59 Å². The Balaban J connectivity index is 1.87. The Kier molecular flexibility index (Phi) is 6.43. The summed E-state index contributed by atoms with van der Waals surface area (Å²) in [6.07, 6.45) is 8.61. The van der Waals surface area contributed by atoms with Crippen LogP contribution in [0.1, 0.15) is 37.5 Å². The molecule has 0 bridgehead atoms. The van der Waals surface area contributed by atoms with E-state index in [1.165, 1.54) is 22.2 Å². The van der Waals surface area contributed by atoms with Gasteiger partial charge in [0, 0.05) is 22.0 Å². The minimum Gasteiger partial charge on any atom is -0.496 e. The Morgan fingerprint density at radius 3 is 2.62 bits per heavy atom. The van der Waals surface area contributed by atoms with Crippen LogP contribution in [0.2, 0.25) is 0 Å². The number of esters is 1. The fraction of sp³-hybridized carbons (Fsp3) is 0.269. The zero-order chi connectivity index (χ0) is 24.5. The molecule has 0 radical (unpaired) electrons. The molecule has 8 heteroatoms. The van der Waals surface area contributed by atoms with Crippen molar-refractivity contribution in [3.8, 4) is 16.5 Å². The summed E-state index contributed by atoms with van der Waals surface area (Å²) in [5.74, 6) is 0.714. The van der Waals surface area contributed by atoms with Crippen molar-refractivity contribution in [1.82, 2.24) is 9.55 Å². The average Bonchev–Trinajstić information content (AvgIpc) is 3.42. The Morgan fingerprint density at radius 2 is 1.94 bits per heavy atom. The number of ether oxygens (including phenoxy) is 2. The highest BCUT2D eigenvalue weighted by molar-refractivity contribution is 7.22. The summed E-state index contributed by atoms with van der Waals surface area (Å²) in [4.78, 5) is 31.0. The third kappa shape index (κ3) is 4.82. The van der Waals surface area contributed by atoms with Gasteiger partial charge in [-0.25, -0.2) is 4.98 Å². The van der Waals surface area contributed by atoms with Crippen LogP contribution in [0.5, 0.6) is 5.75 Å². The van der Waals surface area contributed by atoms with Crippen molar-refractivity contribution >= 4 is 39.5 Å². The maximum Gasteiger partial charge on any atom is 0.326 e. The number of benzene rings is 1. The predicted octanol–water partition coefficient (Wildman–Crippen LogP) is 5.55. The lowest BCUT2D eigenvalue weighted by Crippen LogP contribution is -2.30. The van der Waals surface area contributed by atoms with Crippen LogP contribution in [0.4, 0.5) is 0 Å². The second kappa shape index (κ2) is 9.30. The molecule has 0 atom stereocenters. The molecule has 1 aromatic carbocycles. The second-order valence-corrected chi connectivity index (χ2v) is 9.80. The Hall–Kier alpha value is -3.65. The number of para-hydroxylation sites is 1. The summed E-state index contributed by atoms with van der Waals surface area (Å²) in [5, 5.41) is 0.531. The van der Waals surface area contributed by atoms with Gasteiger partial charge in [-0.15, -0.1) is 11.3 Å². The molecule has 4 aromatic rings. The first-order chi connectivity index (χ1) is 16.2. The minimum absolute atomic E-state index is 0.189. The highest BCUT2D eigenvalue weighted by atomic mass is 32.1. The van der Waals surface area contributed by atoms with Gasteiger partial charge in [-0.2, -0.15) is 0 Å². The van der Waals surface area contributed by atoms with Crippen LogP contribution in [-0.2, 0) is 16.1 Å². The molecule has 34 heavy (non-hydrogen) atoms. The highest BCUT2D eigenvalue weighted by Gasteiger charge is 2.22. The molecule has 7 nitrogen and oxygen atoms in total. The van der Waals surface area contributed by atoms with E-state index >= 15 is 0 Å². The molecule has 0 fully saturated rings. The third-order valence-corrected chi connectivity index (χ3v) is 6.43. The largest absolute Gasteiger partial charge is 0.496 e. The zero-order valence-electron chi connectivity index (χ0n) is 19.7. The van der Waals surface area contributed by atoms with Crippen molar-refractivity contribution < 1.29 is 18.7 Å². The molecule has 0 saturated carbocycles. The number of pyridine rings is 1. The van der Waals surface area contributed by atoms with E-state index in [2.05, 4.69) is 4.98 Å². The fourth-order valence-corrected chi connectivity index (χ4v) is 4.90. The number of methoxy groups -OCH3 is 1. The maximum atomic E-state index is 13.4. The van der Waals surface area contributed by atoms with E-state index in [0.29, 0.717) is 11.3 Å². The molecule has 0 spiro atoms. The molecule has 0 aliphatic rings. The monoisotopic (exact) mass is 478 g/mol. The Morgan fingerprint density at radius 1 is 1.21 bits per heavy atom. The van der Waals surface area contributed by atoms with Gasteiger partial charge in [0.05, 0.1) is 23.6 Å². The van der Waals surface area contributed by atoms with Crippen LogP contribution in [0.3, 0.4) is 0 Å². The molecular weight excluding hydrogens is 452 g/mol. The Bertz CT molecular complexity index is 1420. The normalized spacial score (nSPS) is 11.9. The number of hydrogen-bond donors (Lipinski definition) is 0. The summed E-state index contributed by atoms with van der Waals surface area (Å²) >= 11 is 1.44. The smallest absolute Gasteiger partial charge is 0.326 e. The molecule has 0 N–H and O–H groups in total. The number of thiophene rings is 1. The van der Waals surface area contributed by atoms with Gasteiger partial charge in [-0.1, -0.05) is 30.4 Å².